The number of fused-ring (bicyclic) bond motifs is 1. The lowest BCUT2D eigenvalue weighted by molar-refractivity contribution is 0.347. The van der Waals surface area contributed by atoms with Crippen LogP contribution in [0.1, 0.15) is 11.3 Å². The van der Waals surface area contributed by atoms with Crippen LogP contribution in [-0.4, -0.2) is 16.4 Å². The van der Waals surface area contributed by atoms with Crippen LogP contribution in [0.2, 0.25) is 0 Å². The number of rotatable bonds is 0. The van der Waals surface area contributed by atoms with Crippen LogP contribution in [0.3, 0.4) is 0 Å². The van der Waals surface area contributed by atoms with E-state index < -0.39 is 0 Å². The number of nitrogens with zero attached hydrogens (tertiary/aromatic N) is 1. The first kappa shape index (κ1) is 6.17. The van der Waals surface area contributed by atoms with Crippen molar-refractivity contribution in [2.45, 2.75) is 12.6 Å². The second kappa shape index (κ2) is 2.24. The maximum Gasteiger partial charge on any atom is 0.255 e. The SMILES string of the molecule is Oc1noc2c1CCPC2. The van der Waals surface area contributed by atoms with Gasteiger partial charge in [-0.05, 0) is 17.7 Å². The minimum Gasteiger partial charge on any atom is -0.491 e. The summed E-state index contributed by atoms with van der Waals surface area (Å²) in [6.07, 6.45) is 3.06. The summed E-state index contributed by atoms with van der Waals surface area (Å²) in [5.74, 6) is 0.988. The average molecular weight is 157 g/mol. The molecule has 1 aliphatic heterocycles. The van der Waals surface area contributed by atoms with E-state index in [4.69, 9.17) is 9.63 Å². The van der Waals surface area contributed by atoms with Gasteiger partial charge in [0.25, 0.3) is 5.88 Å². The lowest BCUT2D eigenvalue weighted by atomic mass is 10.2. The Bertz CT molecular complexity index is 246. The van der Waals surface area contributed by atoms with Crippen molar-refractivity contribution in [3.63, 3.8) is 0 Å². The third-order valence-corrected chi connectivity index (χ3v) is 2.86. The fraction of sp³-hybridized carbons (Fsp3) is 0.500. The molecule has 1 unspecified atom stereocenters. The predicted octanol–water partition coefficient (Wildman–Crippen LogP) is 1.11. The average Bonchev–Trinajstić information content (AvgIpc) is 2.34. The van der Waals surface area contributed by atoms with E-state index in [0.717, 1.165) is 32.5 Å². The van der Waals surface area contributed by atoms with Gasteiger partial charge in [-0.1, -0.05) is 0 Å². The van der Waals surface area contributed by atoms with Crippen molar-refractivity contribution >= 4 is 8.58 Å². The molecule has 2 rings (SSSR count). The molecule has 1 aromatic heterocycles. The van der Waals surface area contributed by atoms with Gasteiger partial charge in [-0.2, -0.15) is 0 Å². The summed E-state index contributed by atoms with van der Waals surface area (Å²) in [6.45, 7) is 0. The van der Waals surface area contributed by atoms with Gasteiger partial charge < -0.3 is 9.63 Å². The highest BCUT2D eigenvalue weighted by atomic mass is 31.1. The molecule has 0 radical (unpaired) electrons. The Morgan fingerprint density at radius 3 is 3.30 bits per heavy atom. The molecule has 0 aromatic carbocycles. The summed E-state index contributed by atoms with van der Waals surface area (Å²) in [6, 6.07) is 0. The van der Waals surface area contributed by atoms with Crippen LogP contribution in [0.15, 0.2) is 4.52 Å². The summed E-state index contributed by atoms with van der Waals surface area (Å²) in [5.41, 5.74) is 0.929. The summed E-state index contributed by atoms with van der Waals surface area (Å²) >= 11 is 0. The molecule has 0 bridgehead atoms. The van der Waals surface area contributed by atoms with Gasteiger partial charge in [-0.15, -0.1) is 8.58 Å². The van der Waals surface area contributed by atoms with Crippen LogP contribution in [0.4, 0.5) is 0 Å². The monoisotopic (exact) mass is 157 g/mol. The number of hydrogen-bond donors (Lipinski definition) is 1. The van der Waals surface area contributed by atoms with E-state index in [1.54, 1.807) is 0 Å². The van der Waals surface area contributed by atoms with Gasteiger partial charge in [0.05, 0.1) is 5.56 Å². The maximum absolute atomic E-state index is 9.09. The van der Waals surface area contributed by atoms with Crippen LogP contribution in [0, 0.1) is 0 Å². The van der Waals surface area contributed by atoms with Gasteiger partial charge in [0.1, 0.15) is 5.76 Å². The van der Waals surface area contributed by atoms with Crippen LogP contribution >= 0.6 is 8.58 Å². The molecule has 0 fully saturated rings. The topological polar surface area (TPSA) is 46.3 Å². The van der Waals surface area contributed by atoms with Crippen LogP contribution < -0.4 is 0 Å². The van der Waals surface area contributed by atoms with Crippen LogP contribution in [0.5, 0.6) is 5.88 Å². The number of aromatic hydroxyl groups is 1. The molecule has 0 amide bonds. The van der Waals surface area contributed by atoms with Gasteiger partial charge in [0.15, 0.2) is 0 Å². The first-order chi connectivity index (χ1) is 4.88. The molecule has 0 spiro atoms. The Morgan fingerprint density at radius 1 is 1.60 bits per heavy atom. The zero-order valence-electron chi connectivity index (χ0n) is 5.42. The molecule has 1 aromatic rings. The highest BCUT2D eigenvalue weighted by molar-refractivity contribution is 7.37. The van der Waals surface area contributed by atoms with Gasteiger partial charge in [-0.25, -0.2) is 0 Å². The highest BCUT2D eigenvalue weighted by Gasteiger charge is 2.17. The van der Waals surface area contributed by atoms with Gasteiger partial charge in [-0.3, -0.25) is 0 Å². The molecule has 0 saturated carbocycles. The van der Waals surface area contributed by atoms with E-state index in [1.807, 2.05) is 0 Å². The van der Waals surface area contributed by atoms with Gasteiger partial charge in [0, 0.05) is 6.16 Å². The molecule has 1 N–H and O–H groups in total. The molecular weight excluding hydrogens is 149 g/mol. The van der Waals surface area contributed by atoms with Gasteiger partial charge in [0.2, 0.25) is 0 Å². The van der Waals surface area contributed by atoms with Crippen molar-refractivity contribution in [2.75, 3.05) is 6.16 Å². The molecule has 54 valence electrons. The molecule has 3 nitrogen and oxygen atoms in total. The van der Waals surface area contributed by atoms with Crippen molar-refractivity contribution in [3.8, 4) is 5.88 Å². The van der Waals surface area contributed by atoms with Crippen molar-refractivity contribution < 1.29 is 9.63 Å². The molecule has 4 heteroatoms. The first-order valence-corrected chi connectivity index (χ1v) is 4.66. The summed E-state index contributed by atoms with van der Waals surface area (Å²) in [5, 5.41) is 12.6. The van der Waals surface area contributed by atoms with Crippen molar-refractivity contribution in [3.05, 3.63) is 11.3 Å². The Kier molecular flexibility index (Phi) is 1.38. The quantitative estimate of drug-likeness (QED) is 0.574. The normalized spacial score (nSPS) is 19.2. The molecule has 0 aliphatic carbocycles. The van der Waals surface area contributed by atoms with E-state index in [-0.39, 0.29) is 5.88 Å². The van der Waals surface area contributed by atoms with Crippen molar-refractivity contribution in [2.24, 2.45) is 0 Å². The summed E-state index contributed by atoms with van der Waals surface area (Å²) in [7, 11) is 0.937. The Morgan fingerprint density at radius 2 is 2.50 bits per heavy atom. The molecule has 10 heavy (non-hydrogen) atoms. The smallest absolute Gasteiger partial charge is 0.255 e. The lowest BCUT2D eigenvalue weighted by Crippen LogP contribution is -1.96. The zero-order chi connectivity index (χ0) is 6.97. The van der Waals surface area contributed by atoms with Crippen molar-refractivity contribution in [1.82, 2.24) is 5.16 Å². The summed E-state index contributed by atoms with van der Waals surface area (Å²) < 4.78 is 4.89. The highest BCUT2D eigenvalue weighted by Crippen LogP contribution is 2.33. The third kappa shape index (κ3) is 0.816. The first-order valence-electron chi connectivity index (χ1n) is 3.25. The van der Waals surface area contributed by atoms with Gasteiger partial charge >= 0.3 is 0 Å². The third-order valence-electron chi connectivity index (χ3n) is 1.69. The minimum absolute atomic E-state index is 0.0968. The maximum atomic E-state index is 9.09. The predicted molar refractivity (Wildman–Crippen MR) is 38.8 cm³/mol. The second-order valence-corrected chi connectivity index (χ2v) is 3.69. The van der Waals surface area contributed by atoms with E-state index in [2.05, 4.69) is 5.16 Å². The fourth-order valence-corrected chi connectivity index (χ4v) is 2.25. The molecule has 1 aliphatic rings. The largest absolute Gasteiger partial charge is 0.491 e. The molecule has 2 heterocycles. The molecular formula is C6H8NO2P. The zero-order valence-corrected chi connectivity index (χ0v) is 6.42. The van der Waals surface area contributed by atoms with Crippen LogP contribution in [0.25, 0.3) is 0 Å². The Balaban J connectivity index is 2.45. The molecule has 0 saturated heterocycles. The Labute approximate surface area is 60.2 Å². The van der Waals surface area contributed by atoms with E-state index in [1.165, 1.54) is 6.16 Å². The second-order valence-electron chi connectivity index (χ2n) is 2.33. The van der Waals surface area contributed by atoms with Crippen LogP contribution in [-0.2, 0) is 12.6 Å². The standard InChI is InChI=1S/C6H8NO2P/c8-6-4-1-2-10-3-5(4)9-7-6/h10H,1-3H2,(H,7,8). The van der Waals surface area contributed by atoms with E-state index >= 15 is 0 Å². The van der Waals surface area contributed by atoms with E-state index in [0.29, 0.717) is 0 Å². The number of aromatic nitrogens is 1. The summed E-state index contributed by atoms with van der Waals surface area (Å²) in [4.78, 5) is 0. The van der Waals surface area contributed by atoms with Crippen molar-refractivity contribution in [1.29, 1.82) is 0 Å². The lowest BCUT2D eigenvalue weighted by Gasteiger charge is -2.06. The van der Waals surface area contributed by atoms with E-state index in [9.17, 15) is 0 Å². The minimum atomic E-state index is 0.0968. The fourth-order valence-electron chi connectivity index (χ4n) is 1.14. The number of hydrogen-bond acceptors (Lipinski definition) is 3. The Hall–Kier alpha value is -0.560. The molecule has 1 atom stereocenters.